The molecule has 2 aromatic carbocycles. The van der Waals surface area contributed by atoms with Gasteiger partial charge in [-0.3, -0.25) is 0 Å². The number of aromatic amines is 1. The summed E-state index contributed by atoms with van der Waals surface area (Å²) in [6.45, 7) is 13.6. The molecule has 0 saturated carbocycles. The van der Waals surface area contributed by atoms with Gasteiger partial charge in [0.05, 0.1) is 29.7 Å². The summed E-state index contributed by atoms with van der Waals surface area (Å²) in [6.07, 6.45) is 8.57. The third-order valence-corrected chi connectivity index (χ3v) is 10.4. The van der Waals surface area contributed by atoms with E-state index in [1.54, 1.807) is 23.4 Å². The summed E-state index contributed by atoms with van der Waals surface area (Å²) in [5, 5.41) is 5.18. The molecule has 1 fully saturated rings. The molecule has 0 radical (unpaired) electrons. The molecule has 5 aromatic rings. The maximum atomic E-state index is 13.0. The van der Waals surface area contributed by atoms with E-state index in [2.05, 4.69) is 59.0 Å². The van der Waals surface area contributed by atoms with E-state index in [0.717, 1.165) is 48.1 Å². The summed E-state index contributed by atoms with van der Waals surface area (Å²) in [5.41, 5.74) is 4.01. The normalized spacial score (nSPS) is 15.6. The first kappa shape index (κ1) is 34.5. The summed E-state index contributed by atoms with van der Waals surface area (Å²) in [4.78, 5) is 36.6. The minimum absolute atomic E-state index is 0.295. The summed E-state index contributed by atoms with van der Waals surface area (Å²) in [6, 6.07) is 18.2. The summed E-state index contributed by atoms with van der Waals surface area (Å²) in [5.74, 6) is 2.31. The Kier molecular flexibility index (Phi) is 10.9. The Hall–Kier alpha value is -4.36. The number of carbonyl (C=O) groups is 1. The molecule has 3 aromatic heterocycles. The van der Waals surface area contributed by atoms with Crippen molar-refractivity contribution in [1.82, 2.24) is 34.9 Å². The second-order valence-electron chi connectivity index (χ2n) is 13.8. The van der Waals surface area contributed by atoms with Crippen LogP contribution in [0.4, 0.5) is 0 Å². The fraction of sp³-hybridized carbons (Fsp3) is 0.405. The van der Waals surface area contributed by atoms with Crippen LogP contribution >= 0.6 is 0 Å². The first-order valence-electron chi connectivity index (χ1n) is 17.2. The fourth-order valence-corrected chi connectivity index (χ4v) is 6.59. The van der Waals surface area contributed by atoms with E-state index in [0.29, 0.717) is 54.7 Å². The molecule has 0 bridgehead atoms. The van der Waals surface area contributed by atoms with Gasteiger partial charge in [-0.2, -0.15) is 0 Å². The lowest BCUT2D eigenvalue weighted by Gasteiger charge is -2.27. The number of benzene rings is 2. The van der Waals surface area contributed by atoms with Crippen molar-refractivity contribution in [2.75, 3.05) is 19.7 Å². The first-order valence-corrected chi connectivity index (χ1v) is 20.9. The quantitative estimate of drug-likeness (QED) is 0.0645. The Bertz CT molecular complexity index is 1800. The van der Waals surface area contributed by atoms with Gasteiger partial charge in [-0.25, -0.2) is 19.7 Å². The molecule has 0 spiro atoms. The summed E-state index contributed by atoms with van der Waals surface area (Å²) in [7, 11) is -1.26. The molecular weight excluding hydrogens is 635 g/mol. The lowest BCUT2D eigenvalue weighted by Crippen LogP contribution is -2.32. The molecule has 1 aliphatic rings. The minimum Gasteiger partial charge on any atom is -0.435 e. The van der Waals surface area contributed by atoms with Gasteiger partial charge < -0.3 is 28.9 Å². The van der Waals surface area contributed by atoms with Gasteiger partial charge in [0.2, 0.25) is 5.89 Å². The van der Waals surface area contributed by atoms with E-state index in [-0.39, 0.29) is 6.04 Å². The van der Waals surface area contributed by atoms with E-state index in [9.17, 15) is 4.79 Å². The molecule has 1 aliphatic heterocycles. The largest absolute Gasteiger partial charge is 0.435 e. The number of hydroxylamine groups is 2. The number of aromatic nitrogens is 5. The standard InChI is InChI=1S/C37H47N7O4Si/c1-6-19-44(48-37(45)29-11-8-7-9-12-29)26(2)35-42-32(24-43(35)25-46-20-21-49(3,4)5)36-40-23-33(47-36)28-16-14-27(15-17-28)31-22-39-34(41-31)30-13-10-18-38-30/h7-9,11-12,14-17,22-24,26,30,38H,6,10,13,18-21,25H2,1-5H3,(H,39,41)/t26-,30-/m0/s1. The van der Waals surface area contributed by atoms with E-state index in [4.69, 9.17) is 19.0 Å². The van der Waals surface area contributed by atoms with Crippen LogP contribution in [0.1, 0.15) is 67.2 Å². The second-order valence-corrected chi connectivity index (χ2v) is 19.4. The van der Waals surface area contributed by atoms with Crippen molar-refractivity contribution < 1.29 is 18.8 Å². The van der Waals surface area contributed by atoms with Crippen LogP contribution in [0.5, 0.6) is 0 Å². The van der Waals surface area contributed by atoms with Crippen LogP contribution in [-0.2, 0) is 16.3 Å². The molecule has 0 amide bonds. The average Bonchev–Trinajstić information content (AvgIpc) is 3.93. The SMILES string of the molecule is CCCN(OC(=O)c1ccccc1)[C@@H](C)c1nc(-c2ncc(-c3ccc(-c4cnc([C@@H]5CCCN5)[nH]4)cc3)o2)cn1COCC[Si](C)(C)C. The van der Waals surface area contributed by atoms with Crippen molar-refractivity contribution in [3.8, 4) is 34.2 Å². The molecule has 0 aliphatic carbocycles. The summed E-state index contributed by atoms with van der Waals surface area (Å²) < 4.78 is 14.4. The zero-order valence-electron chi connectivity index (χ0n) is 29.1. The molecule has 6 rings (SSSR count). The van der Waals surface area contributed by atoms with E-state index < -0.39 is 14.0 Å². The number of hydrogen-bond acceptors (Lipinski definition) is 9. The monoisotopic (exact) mass is 681 g/mol. The maximum Gasteiger partial charge on any atom is 0.357 e. The number of nitrogens with one attached hydrogen (secondary N) is 2. The van der Waals surface area contributed by atoms with Crippen LogP contribution in [0.3, 0.4) is 0 Å². The number of oxazole rings is 1. The predicted molar refractivity (Wildman–Crippen MR) is 192 cm³/mol. The van der Waals surface area contributed by atoms with Gasteiger partial charge in [-0.1, -0.05) is 69.0 Å². The first-order chi connectivity index (χ1) is 23.7. The number of H-pyrrole nitrogens is 1. The molecule has 1 saturated heterocycles. The highest BCUT2D eigenvalue weighted by Gasteiger charge is 2.27. The maximum absolute atomic E-state index is 13.0. The van der Waals surface area contributed by atoms with Crippen molar-refractivity contribution in [1.29, 1.82) is 0 Å². The zero-order valence-corrected chi connectivity index (χ0v) is 30.1. The highest BCUT2D eigenvalue weighted by molar-refractivity contribution is 6.76. The number of carbonyl (C=O) groups excluding carboxylic acids is 1. The smallest absolute Gasteiger partial charge is 0.357 e. The van der Waals surface area contributed by atoms with Crippen molar-refractivity contribution in [3.63, 3.8) is 0 Å². The van der Waals surface area contributed by atoms with E-state index in [1.807, 2.05) is 54.2 Å². The lowest BCUT2D eigenvalue weighted by atomic mass is 10.1. The number of nitrogens with zero attached hydrogens (tertiary/aromatic N) is 5. The van der Waals surface area contributed by atoms with Crippen molar-refractivity contribution in [2.24, 2.45) is 0 Å². The van der Waals surface area contributed by atoms with Crippen LogP contribution in [0.15, 0.2) is 77.6 Å². The van der Waals surface area contributed by atoms with Crippen LogP contribution in [-0.4, -0.2) is 63.3 Å². The molecular formula is C37H47N7O4Si. The van der Waals surface area contributed by atoms with E-state index in [1.165, 1.54) is 6.42 Å². The van der Waals surface area contributed by atoms with Gasteiger partial charge in [0, 0.05) is 33.0 Å². The van der Waals surface area contributed by atoms with E-state index >= 15 is 0 Å². The van der Waals surface area contributed by atoms with Gasteiger partial charge in [-0.15, -0.1) is 5.06 Å². The second kappa shape index (κ2) is 15.5. The van der Waals surface area contributed by atoms with Crippen LogP contribution in [0.2, 0.25) is 25.7 Å². The van der Waals surface area contributed by atoms with Gasteiger partial charge in [0.25, 0.3) is 0 Å². The predicted octanol–water partition coefficient (Wildman–Crippen LogP) is 7.88. The Balaban J connectivity index is 1.21. The molecule has 49 heavy (non-hydrogen) atoms. The van der Waals surface area contributed by atoms with Crippen LogP contribution in [0.25, 0.3) is 34.2 Å². The molecule has 12 heteroatoms. The van der Waals surface area contributed by atoms with Crippen molar-refractivity contribution >= 4 is 14.0 Å². The number of hydrogen-bond donors (Lipinski definition) is 2. The zero-order chi connectivity index (χ0) is 34.4. The Morgan fingerprint density at radius 2 is 1.86 bits per heavy atom. The molecule has 258 valence electrons. The lowest BCUT2D eigenvalue weighted by molar-refractivity contribution is -0.138. The highest BCUT2D eigenvalue weighted by Crippen LogP contribution is 2.31. The molecule has 4 heterocycles. The molecule has 11 nitrogen and oxygen atoms in total. The Labute approximate surface area is 289 Å². The Morgan fingerprint density at radius 1 is 1.08 bits per heavy atom. The topological polar surface area (TPSA) is 123 Å². The van der Waals surface area contributed by atoms with Crippen molar-refractivity contribution in [2.45, 2.75) is 77.6 Å². The van der Waals surface area contributed by atoms with Gasteiger partial charge in [0.1, 0.15) is 30.1 Å². The fourth-order valence-electron chi connectivity index (χ4n) is 5.83. The number of imidazole rings is 2. The van der Waals surface area contributed by atoms with Crippen LogP contribution < -0.4 is 5.32 Å². The number of rotatable bonds is 15. The average molecular weight is 682 g/mol. The Morgan fingerprint density at radius 3 is 2.57 bits per heavy atom. The minimum atomic E-state index is -1.26. The van der Waals surface area contributed by atoms with Crippen LogP contribution in [0, 0.1) is 0 Å². The third kappa shape index (κ3) is 8.63. The van der Waals surface area contributed by atoms with Gasteiger partial charge in [0.15, 0.2) is 5.76 Å². The van der Waals surface area contributed by atoms with Crippen molar-refractivity contribution in [3.05, 3.63) is 90.4 Å². The third-order valence-electron chi connectivity index (χ3n) is 8.68. The molecule has 0 unspecified atom stereocenters. The highest BCUT2D eigenvalue weighted by atomic mass is 28.3. The summed E-state index contributed by atoms with van der Waals surface area (Å²) >= 11 is 0. The number of ether oxygens (including phenoxy) is 1. The van der Waals surface area contributed by atoms with Gasteiger partial charge in [-0.05, 0) is 56.5 Å². The molecule has 2 atom stereocenters. The van der Waals surface area contributed by atoms with Gasteiger partial charge >= 0.3 is 5.97 Å². The molecule has 2 N–H and O–H groups in total.